The van der Waals surface area contributed by atoms with E-state index in [9.17, 15) is 19.4 Å². The van der Waals surface area contributed by atoms with E-state index in [-0.39, 0.29) is 19.1 Å². The molecule has 0 saturated carbocycles. The molecular formula is C82H140N2O6P+. The number of aliphatic hydroxyl groups is 1. The molecule has 0 aromatic carbocycles. The van der Waals surface area contributed by atoms with Gasteiger partial charge in [-0.05, 0) is 122 Å². The molecule has 0 spiro atoms. The van der Waals surface area contributed by atoms with Crippen molar-refractivity contribution in [3.63, 3.8) is 0 Å². The molecule has 1 amide bonds. The van der Waals surface area contributed by atoms with Crippen LogP contribution in [0.4, 0.5) is 0 Å². The van der Waals surface area contributed by atoms with Crippen molar-refractivity contribution in [3.05, 3.63) is 170 Å². The number of unbranched alkanes of at least 4 members (excludes halogenated alkanes) is 27. The normalized spacial score (nSPS) is 14.6. The minimum absolute atomic E-state index is 0.0422. The highest BCUT2D eigenvalue weighted by atomic mass is 31.2. The van der Waals surface area contributed by atoms with Gasteiger partial charge in [0.05, 0.1) is 39.9 Å². The molecule has 0 aliphatic carbocycles. The molecule has 0 bridgehead atoms. The van der Waals surface area contributed by atoms with Crippen LogP contribution >= 0.6 is 7.82 Å². The molecule has 0 radical (unpaired) electrons. The van der Waals surface area contributed by atoms with Gasteiger partial charge in [0.15, 0.2) is 0 Å². The highest BCUT2D eigenvalue weighted by Gasteiger charge is 2.28. The fourth-order valence-electron chi connectivity index (χ4n) is 9.98. The van der Waals surface area contributed by atoms with Crippen molar-refractivity contribution >= 4 is 13.7 Å². The molecule has 0 fully saturated rings. The van der Waals surface area contributed by atoms with E-state index in [1.807, 2.05) is 27.2 Å². The Morgan fingerprint density at radius 1 is 0.385 bits per heavy atom. The Labute approximate surface area is 562 Å². The fourth-order valence-corrected chi connectivity index (χ4v) is 10.7. The van der Waals surface area contributed by atoms with Crippen LogP contribution in [0.2, 0.25) is 0 Å². The van der Waals surface area contributed by atoms with E-state index >= 15 is 0 Å². The number of hydrogen-bond acceptors (Lipinski definition) is 5. The topological polar surface area (TPSA) is 105 Å². The summed E-state index contributed by atoms with van der Waals surface area (Å²) in [6, 6.07) is -0.892. The maximum Gasteiger partial charge on any atom is 0.472 e. The Morgan fingerprint density at radius 3 is 1.01 bits per heavy atom. The van der Waals surface area contributed by atoms with Crippen LogP contribution in [0.15, 0.2) is 170 Å². The lowest BCUT2D eigenvalue weighted by Crippen LogP contribution is -2.45. The molecule has 0 heterocycles. The minimum Gasteiger partial charge on any atom is -0.387 e. The number of aliphatic hydroxyl groups excluding tert-OH is 1. The lowest BCUT2D eigenvalue weighted by atomic mass is 10.0. The Balaban J connectivity index is 4.22. The van der Waals surface area contributed by atoms with E-state index in [1.54, 1.807) is 6.08 Å². The van der Waals surface area contributed by atoms with Crippen molar-refractivity contribution in [1.29, 1.82) is 0 Å². The molecular weight excluding hydrogens is 1140 g/mol. The van der Waals surface area contributed by atoms with E-state index in [0.717, 1.165) is 128 Å². The summed E-state index contributed by atoms with van der Waals surface area (Å²) in [5.41, 5.74) is 0. The first-order chi connectivity index (χ1) is 44.5. The summed E-state index contributed by atoms with van der Waals surface area (Å²) >= 11 is 0. The van der Waals surface area contributed by atoms with E-state index in [1.165, 1.54) is 141 Å². The molecule has 9 heteroatoms. The molecule has 3 unspecified atom stereocenters. The van der Waals surface area contributed by atoms with Gasteiger partial charge in [-0.25, -0.2) is 4.57 Å². The number of carbonyl (C=O) groups is 1. The number of carbonyl (C=O) groups excluding carboxylic acids is 1. The van der Waals surface area contributed by atoms with Gasteiger partial charge in [-0.1, -0.05) is 332 Å². The van der Waals surface area contributed by atoms with Gasteiger partial charge in [-0.2, -0.15) is 0 Å². The van der Waals surface area contributed by atoms with Crippen LogP contribution < -0.4 is 5.32 Å². The predicted octanol–water partition coefficient (Wildman–Crippen LogP) is 24.3. The number of likely N-dealkylation sites (N-methyl/N-ethyl adjacent to an activating group) is 1. The zero-order valence-electron chi connectivity index (χ0n) is 59.3. The monoisotopic (exact) mass is 1280 g/mol. The largest absolute Gasteiger partial charge is 0.472 e. The maximum atomic E-state index is 13.1. The second-order valence-electron chi connectivity index (χ2n) is 25.6. The Bertz CT molecular complexity index is 2090. The van der Waals surface area contributed by atoms with Crippen LogP contribution in [0.1, 0.15) is 290 Å². The number of amides is 1. The number of hydrogen-bond donors (Lipinski definition) is 3. The third-order valence-electron chi connectivity index (χ3n) is 15.7. The van der Waals surface area contributed by atoms with Crippen molar-refractivity contribution in [2.24, 2.45) is 0 Å². The van der Waals surface area contributed by atoms with Crippen molar-refractivity contribution in [3.8, 4) is 0 Å². The fraction of sp³-hybridized carbons (Fsp3) is 0.646. The third kappa shape index (κ3) is 73.1. The van der Waals surface area contributed by atoms with Gasteiger partial charge in [0.1, 0.15) is 13.2 Å². The van der Waals surface area contributed by atoms with E-state index in [4.69, 9.17) is 9.05 Å². The molecule has 91 heavy (non-hydrogen) atoms. The summed E-state index contributed by atoms with van der Waals surface area (Å²) < 4.78 is 23.8. The second-order valence-corrected chi connectivity index (χ2v) is 27.0. The van der Waals surface area contributed by atoms with Crippen LogP contribution in [0.3, 0.4) is 0 Å². The van der Waals surface area contributed by atoms with E-state index in [0.29, 0.717) is 17.4 Å². The number of nitrogens with zero attached hydrogens (tertiary/aromatic N) is 1. The predicted molar refractivity (Wildman–Crippen MR) is 400 cm³/mol. The maximum absolute atomic E-state index is 13.1. The summed E-state index contributed by atoms with van der Waals surface area (Å²) in [6.45, 7) is 4.67. The van der Waals surface area contributed by atoms with E-state index in [2.05, 4.69) is 177 Å². The SMILES string of the molecule is CC/C=C\C/C=C\C/C=C\C/C=C\C/C=C\C/C=C\C/C=C\C/C=C\C/C=C\C/C=C\C/C=C\C/C=C\CCCCCCC(=O)NC(COP(=O)(O)OCC[N+](C)(C)C)C(O)/C=C/CC/C=C/CCCCCCCCCCCCCCCCCCCCCCCC. The van der Waals surface area contributed by atoms with Crippen molar-refractivity contribution < 1.29 is 32.9 Å². The number of nitrogens with one attached hydrogen (secondary N) is 1. The lowest BCUT2D eigenvalue weighted by Gasteiger charge is -2.25. The number of phosphoric ester groups is 1. The first-order valence-electron chi connectivity index (χ1n) is 37.0. The van der Waals surface area contributed by atoms with Crippen LogP contribution in [-0.4, -0.2) is 73.4 Å². The molecule has 3 N–H and O–H groups in total. The Kier molecular flexibility index (Phi) is 67.0. The van der Waals surface area contributed by atoms with Gasteiger partial charge < -0.3 is 19.8 Å². The number of quaternary nitrogens is 1. The van der Waals surface area contributed by atoms with Crippen molar-refractivity contribution in [1.82, 2.24) is 5.32 Å². The molecule has 0 rings (SSSR count). The first kappa shape index (κ1) is 86.9. The third-order valence-corrected chi connectivity index (χ3v) is 16.7. The average Bonchev–Trinajstić information content (AvgIpc) is 3.59. The second kappa shape index (κ2) is 70.2. The van der Waals surface area contributed by atoms with Gasteiger partial charge in [0.25, 0.3) is 0 Å². The van der Waals surface area contributed by atoms with Crippen LogP contribution in [-0.2, 0) is 18.4 Å². The molecule has 0 aliphatic rings. The zero-order chi connectivity index (χ0) is 66.2. The number of rotatable bonds is 66. The minimum atomic E-state index is -4.38. The summed E-state index contributed by atoms with van der Waals surface area (Å²) in [5, 5.41) is 14.0. The molecule has 0 aliphatic heterocycles. The molecule has 0 saturated heterocycles. The average molecular weight is 1280 g/mol. The smallest absolute Gasteiger partial charge is 0.387 e. The van der Waals surface area contributed by atoms with Gasteiger partial charge in [-0.15, -0.1) is 0 Å². The van der Waals surface area contributed by atoms with Gasteiger partial charge in [0, 0.05) is 6.42 Å². The van der Waals surface area contributed by atoms with Gasteiger partial charge in [-0.3, -0.25) is 13.8 Å². The van der Waals surface area contributed by atoms with Crippen molar-refractivity contribution in [2.45, 2.75) is 302 Å². The molecule has 0 aromatic heterocycles. The number of phosphoric acid groups is 1. The Morgan fingerprint density at radius 2 is 0.670 bits per heavy atom. The van der Waals surface area contributed by atoms with Gasteiger partial charge >= 0.3 is 7.82 Å². The van der Waals surface area contributed by atoms with Crippen LogP contribution in [0.5, 0.6) is 0 Å². The first-order valence-corrected chi connectivity index (χ1v) is 38.5. The quantitative estimate of drug-likeness (QED) is 0.0243. The highest BCUT2D eigenvalue weighted by Crippen LogP contribution is 2.43. The molecule has 518 valence electrons. The number of allylic oxidation sites excluding steroid dienone is 27. The standard InChI is InChI=1S/C82H139N2O6P/c1-6-8-10-12-14-16-18-20-22-24-26-28-30-32-34-36-37-38-39-40-41-42-43-44-45-46-47-48-50-52-54-56-58-60-62-64-66-68-70-72-74-76-82(86)83-80(79-90-91(87,88)89-78-77-84(3,4)5)81(85)75-73-71-69-67-65-63-61-59-57-55-53-51-49-35-33-31-29-27-25-23-21-19-17-15-13-11-9-7-2/h8,10,14,16,20,22,26,28,32,34,37-38,40-41,43-44,46-47,50,52,56,58,62,64-65,67,73,75,80-81,85H,6-7,9,11-13,15,17-19,21,23-25,27,29-31,33,35-36,39,42,45,48-49,51,53-55,57,59-61,63,66,68-72,74,76-79H2,1-5H3,(H-,83,86,87,88)/p+1/b10-8-,16-14-,22-20-,28-26-,34-32-,38-37-,41-40-,44-43-,47-46-,52-50-,58-56-,64-62-,67-65+,75-73+. The zero-order valence-corrected chi connectivity index (χ0v) is 60.2. The van der Waals surface area contributed by atoms with Crippen LogP contribution in [0, 0.1) is 0 Å². The lowest BCUT2D eigenvalue weighted by molar-refractivity contribution is -0.870. The van der Waals surface area contributed by atoms with Gasteiger partial charge in [0.2, 0.25) is 5.91 Å². The van der Waals surface area contributed by atoms with Crippen LogP contribution in [0.25, 0.3) is 0 Å². The van der Waals surface area contributed by atoms with E-state index < -0.39 is 20.0 Å². The molecule has 8 nitrogen and oxygen atoms in total. The summed E-state index contributed by atoms with van der Waals surface area (Å²) in [4.78, 5) is 23.4. The molecule has 0 aromatic rings. The van der Waals surface area contributed by atoms with Crippen molar-refractivity contribution in [2.75, 3.05) is 40.9 Å². The summed E-state index contributed by atoms with van der Waals surface area (Å²) in [5.74, 6) is -0.215. The summed E-state index contributed by atoms with van der Waals surface area (Å²) in [6.07, 6.45) is 111. The Hall–Kier alpha value is -4.14. The summed E-state index contributed by atoms with van der Waals surface area (Å²) in [7, 11) is 1.52. The highest BCUT2D eigenvalue weighted by molar-refractivity contribution is 7.47. The molecule has 3 atom stereocenters.